The predicted octanol–water partition coefficient (Wildman–Crippen LogP) is 3.86. The fourth-order valence-electron chi connectivity index (χ4n) is 2.29. The van der Waals surface area contributed by atoms with E-state index in [9.17, 15) is 18.0 Å². The van der Waals surface area contributed by atoms with Gasteiger partial charge < -0.3 is 4.90 Å². The van der Waals surface area contributed by atoms with Gasteiger partial charge in [-0.15, -0.1) is 0 Å². The molecular weight excluding hydrogens is 345 g/mol. The third-order valence-corrected chi connectivity index (χ3v) is 3.66. The van der Waals surface area contributed by atoms with Crippen LogP contribution in [0.1, 0.15) is 20.3 Å². The van der Waals surface area contributed by atoms with Gasteiger partial charge in [0.25, 0.3) is 0 Å². The Morgan fingerprint density at radius 2 is 2.17 bits per heavy atom. The number of pyridine rings is 1. The van der Waals surface area contributed by atoms with Crippen molar-refractivity contribution in [1.29, 1.82) is 0 Å². The zero-order chi connectivity index (χ0) is 17.9. The molecule has 1 unspecified atom stereocenters. The summed E-state index contributed by atoms with van der Waals surface area (Å²) in [5.74, 6) is -1.86. The summed E-state index contributed by atoms with van der Waals surface area (Å²) in [5, 5.41) is 4.13. The van der Waals surface area contributed by atoms with Crippen LogP contribution in [0, 0.1) is 5.92 Å². The lowest BCUT2D eigenvalue weighted by molar-refractivity contribution is -0.151. The molecule has 1 amide bonds. The molecule has 2 aromatic heterocycles. The van der Waals surface area contributed by atoms with Crippen molar-refractivity contribution >= 4 is 23.2 Å². The van der Waals surface area contributed by atoms with Gasteiger partial charge in [0.05, 0.1) is 24.5 Å². The van der Waals surface area contributed by atoms with E-state index in [4.69, 9.17) is 11.6 Å². The van der Waals surface area contributed by atoms with E-state index in [1.54, 1.807) is 31.5 Å². The third-order valence-electron chi connectivity index (χ3n) is 3.39. The first kappa shape index (κ1) is 18.3. The summed E-state index contributed by atoms with van der Waals surface area (Å²) < 4.78 is 39.0. The minimum atomic E-state index is -4.40. The number of hydrogen-bond donors (Lipinski definition) is 0. The predicted molar refractivity (Wildman–Crippen MR) is 84.2 cm³/mol. The van der Waals surface area contributed by atoms with Gasteiger partial charge in [-0.1, -0.05) is 18.5 Å². The molecule has 0 saturated heterocycles. The standard InChI is InChI=1S/C15H16ClF3N4O/c1-3-22(14(24)10(2)7-15(17,18)19)12-9-23(21-13(12)16)11-5-4-6-20-8-11/h4-6,8-10H,3,7H2,1-2H3. The number of carbonyl (C=O) groups is 1. The molecule has 0 N–H and O–H groups in total. The first-order valence-electron chi connectivity index (χ1n) is 7.26. The largest absolute Gasteiger partial charge is 0.389 e. The summed E-state index contributed by atoms with van der Waals surface area (Å²) in [6.07, 6.45) is -0.941. The second-order valence-corrected chi connectivity index (χ2v) is 5.62. The molecule has 0 saturated carbocycles. The number of hydrogen-bond acceptors (Lipinski definition) is 3. The molecule has 5 nitrogen and oxygen atoms in total. The number of carbonyl (C=O) groups excluding carboxylic acids is 1. The van der Waals surface area contributed by atoms with Crippen LogP contribution in [-0.2, 0) is 4.79 Å². The van der Waals surface area contributed by atoms with Crippen molar-refractivity contribution in [2.45, 2.75) is 26.4 Å². The lowest BCUT2D eigenvalue weighted by Gasteiger charge is -2.24. The van der Waals surface area contributed by atoms with Gasteiger partial charge in [0, 0.05) is 18.7 Å². The highest BCUT2D eigenvalue weighted by Crippen LogP contribution is 2.30. The number of rotatable bonds is 5. The van der Waals surface area contributed by atoms with Crippen LogP contribution in [0.4, 0.5) is 18.9 Å². The van der Waals surface area contributed by atoms with Crippen LogP contribution in [0.3, 0.4) is 0 Å². The molecule has 0 aromatic carbocycles. The lowest BCUT2D eigenvalue weighted by Crippen LogP contribution is -2.36. The van der Waals surface area contributed by atoms with Crippen LogP contribution in [0.25, 0.3) is 5.69 Å². The molecule has 0 radical (unpaired) electrons. The molecule has 0 spiro atoms. The Labute approximate surface area is 142 Å². The zero-order valence-electron chi connectivity index (χ0n) is 13.1. The Morgan fingerprint density at radius 3 is 2.71 bits per heavy atom. The van der Waals surface area contributed by atoms with Crippen LogP contribution >= 0.6 is 11.6 Å². The summed E-state index contributed by atoms with van der Waals surface area (Å²) in [7, 11) is 0. The highest BCUT2D eigenvalue weighted by Gasteiger charge is 2.35. The maximum Gasteiger partial charge on any atom is 0.389 e. The first-order chi connectivity index (χ1) is 11.2. The van der Waals surface area contributed by atoms with Crippen molar-refractivity contribution < 1.29 is 18.0 Å². The van der Waals surface area contributed by atoms with Crippen LogP contribution in [0.2, 0.25) is 5.15 Å². The average molecular weight is 361 g/mol. The molecule has 0 fully saturated rings. The minimum Gasteiger partial charge on any atom is -0.308 e. The van der Waals surface area contributed by atoms with Gasteiger partial charge >= 0.3 is 6.18 Å². The van der Waals surface area contributed by atoms with Crippen molar-refractivity contribution in [3.63, 3.8) is 0 Å². The molecule has 0 aliphatic heterocycles. The Morgan fingerprint density at radius 1 is 1.46 bits per heavy atom. The van der Waals surface area contributed by atoms with E-state index in [1.165, 1.54) is 22.7 Å². The highest BCUT2D eigenvalue weighted by atomic mass is 35.5. The molecule has 0 aliphatic carbocycles. The number of anilines is 1. The number of halogens is 4. The van der Waals surface area contributed by atoms with E-state index in [-0.39, 0.29) is 17.4 Å². The van der Waals surface area contributed by atoms with Crippen LogP contribution in [0.5, 0.6) is 0 Å². The highest BCUT2D eigenvalue weighted by molar-refractivity contribution is 6.32. The van der Waals surface area contributed by atoms with Gasteiger partial charge in [-0.25, -0.2) is 4.68 Å². The van der Waals surface area contributed by atoms with Crippen LogP contribution in [0.15, 0.2) is 30.7 Å². The number of amides is 1. The minimum absolute atomic E-state index is 0.0354. The summed E-state index contributed by atoms with van der Waals surface area (Å²) in [4.78, 5) is 17.5. The van der Waals surface area contributed by atoms with Crippen molar-refractivity contribution in [3.05, 3.63) is 35.9 Å². The van der Waals surface area contributed by atoms with E-state index in [2.05, 4.69) is 10.1 Å². The summed E-state index contributed by atoms with van der Waals surface area (Å²) in [6.45, 7) is 3.09. The average Bonchev–Trinajstić information content (AvgIpc) is 2.89. The third kappa shape index (κ3) is 4.25. The smallest absolute Gasteiger partial charge is 0.308 e. The van der Waals surface area contributed by atoms with Gasteiger partial charge in [0.2, 0.25) is 5.91 Å². The van der Waals surface area contributed by atoms with Crippen molar-refractivity contribution in [2.24, 2.45) is 5.92 Å². The van der Waals surface area contributed by atoms with Gasteiger partial charge in [-0.3, -0.25) is 9.78 Å². The van der Waals surface area contributed by atoms with Crippen LogP contribution in [-0.4, -0.2) is 33.4 Å². The van der Waals surface area contributed by atoms with E-state index in [0.717, 1.165) is 0 Å². The molecular formula is C15H16ClF3N4O. The lowest BCUT2D eigenvalue weighted by atomic mass is 10.1. The molecule has 130 valence electrons. The number of nitrogens with zero attached hydrogens (tertiary/aromatic N) is 4. The van der Waals surface area contributed by atoms with Crippen molar-refractivity contribution in [1.82, 2.24) is 14.8 Å². The van der Waals surface area contributed by atoms with Crippen molar-refractivity contribution in [3.8, 4) is 5.69 Å². The van der Waals surface area contributed by atoms with Gasteiger partial charge in [-0.2, -0.15) is 18.3 Å². The van der Waals surface area contributed by atoms with Gasteiger partial charge in [0.1, 0.15) is 5.69 Å². The molecule has 0 bridgehead atoms. The summed E-state index contributed by atoms with van der Waals surface area (Å²) >= 11 is 6.08. The monoisotopic (exact) mass is 360 g/mol. The quantitative estimate of drug-likeness (QED) is 0.813. The fraction of sp³-hybridized carbons (Fsp3) is 0.400. The van der Waals surface area contributed by atoms with E-state index < -0.39 is 24.4 Å². The van der Waals surface area contributed by atoms with E-state index in [1.807, 2.05) is 0 Å². The molecule has 2 aromatic rings. The molecule has 0 aliphatic rings. The molecule has 9 heteroatoms. The Hall–Kier alpha value is -2.09. The summed E-state index contributed by atoms with van der Waals surface area (Å²) in [5.41, 5.74) is 0.888. The summed E-state index contributed by atoms with van der Waals surface area (Å²) in [6, 6.07) is 3.45. The van der Waals surface area contributed by atoms with Gasteiger partial charge in [-0.05, 0) is 19.1 Å². The number of aromatic nitrogens is 3. The number of alkyl halides is 3. The maximum absolute atomic E-state index is 12.5. The van der Waals surface area contributed by atoms with E-state index in [0.29, 0.717) is 5.69 Å². The zero-order valence-corrected chi connectivity index (χ0v) is 13.8. The van der Waals surface area contributed by atoms with Crippen LogP contribution < -0.4 is 4.90 Å². The molecule has 2 rings (SSSR count). The maximum atomic E-state index is 12.5. The molecule has 24 heavy (non-hydrogen) atoms. The van der Waals surface area contributed by atoms with E-state index >= 15 is 0 Å². The Kier molecular flexibility index (Phi) is 5.48. The Bertz CT molecular complexity index is 702. The normalized spacial score (nSPS) is 12.9. The first-order valence-corrected chi connectivity index (χ1v) is 7.64. The second-order valence-electron chi connectivity index (χ2n) is 5.26. The fourth-order valence-corrected chi connectivity index (χ4v) is 2.52. The van der Waals surface area contributed by atoms with Gasteiger partial charge in [0.15, 0.2) is 5.15 Å². The molecule has 2 heterocycles. The Balaban J connectivity index is 2.28. The SMILES string of the molecule is CCN(C(=O)C(C)CC(F)(F)F)c1cn(-c2cccnc2)nc1Cl. The van der Waals surface area contributed by atoms with Crippen molar-refractivity contribution in [2.75, 3.05) is 11.4 Å². The topological polar surface area (TPSA) is 51.0 Å². The second kappa shape index (κ2) is 7.21. The molecule has 1 atom stereocenters.